The number of fused-ring (bicyclic) bond motifs is 1. The van der Waals surface area contributed by atoms with Crippen LogP contribution in [0.15, 0.2) is 30.5 Å². The molecule has 152 valence electrons. The number of methoxy groups -OCH3 is 3. The number of thiocarbonyl (C=S) groups is 1. The molecule has 2 aromatic rings. The van der Waals surface area contributed by atoms with Gasteiger partial charge in [-0.3, -0.25) is 0 Å². The highest BCUT2D eigenvalue weighted by molar-refractivity contribution is 7.80. The van der Waals surface area contributed by atoms with E-state index in [1.54, 1.807) is 21.3 Å². The second-order valence-corrected chi connectivity index (χ2v) is 8.25. The largest absolute Gasteiger partial charge is 0.493 e. The summed E-state index contributed by atoms with van der Waals surface area (Å²) < 4.78 is 18.9. The van der Waals surface area contributed by atoms with Gasteiger partial charge in [-0.2, -0.15) is 0 Å². The van der Waals surface area contributed by atoms with E-state index in [2.05, 4.69) is 53.9 Å². The van der Waals surface area contributed by atoms with Crippen LogP contribution < -0.4 is 19.5 Å². The maximum Gasteiger partial charge on any atom is 0.203 e. The second kappa shape index (κ2) is 7.91. The van der Waals surface area contributed by atoms with E-state index in [1.165, 1.54) is 5.69 Å². The van der Waals surface area contributed by atoms with E-state index in [0.717, 1.165) is 23.8 Å². The molecule has 7 heteroatoms. The smallest absolute Gasteiger partial charge is 0.203 e. The summed E-state index contributed by atoms with van der Waals surface area (Å²) in [5.41, 5.74) is 2.10. The second-order valence-electron chi connectivity index (χ2n) is 7.86. The van der Waals surface area contributed by atoms with Crippen LogP contribution in [0.2, 0.25) is 0 Å². The summed E-state index contributed by atoms with van der Waals surface area (Å²) in [6, 6.07) is 8.16. The molecular formula is C21H29N3O3S. The van der Waals surface area contributed by atoms with E-state index < -0.39 is 0 Å². The molecule has 0 amide bonds. The lowest BCUT2D eigenvalue weighted by atomic mass is 9.99. The Morgan fingerprint density at radius 2 is 1.71 bits per heavy atom. The first kappa shape index (κ1) is 20.3. The summed E-state index contributed by atoms with van der Waals surface area (Å²) in [6.07, 6.45) is 2.11. The van der Waals surface area contributed by atoms with Gasteiger partial charge in [0, 0.05) is 30.5 Å². The van der Waals surface area contributed by atoms with E-state index in [4.69, 9.17) is 26.4 Å². The maximum absolute atomic E-state index is 5.79. The van der Waals surface area contributed by atoms with Crippen molar-refractivity contribution in [2.75, 3.05) is 27.9 Å². The number of aromatic nitrogens is 1. The monoisotopic (exact) mass is 403 g/mol. The van der Waals surface area contributed by atoms with Crippen molar-refractivity contribution in [2.45, 2.75) is 38.9 Å². The van der Waals surface area contributed by atoms with Gasteiger partial charge in [0.15, 0.2) is 16.6 Å². The summed E-state index contributed by atoms with van der Waals surface area (Å²) in [6.45, 7) is 8.03. The number of benzene rings is 1. The van der Waals surface area contributed by atoms with Crippen LogP contribution in [0.25, 0.3) is 0 Å². The van der Waals surface area contributed by atoms with Crippen molar-refractivity contribution in [2.24, 2.45) is 0 Å². The quantitative estimate of drug-likeness (QED) is 0.788. The van der Waals surface area contributed by atoms with Gasteiger partial charge >= 0.3 is 0 Å². The van der Waals surface area contributed by atoms with Gasteiger partial charge in [0.25, 0.3) is 0 Å². The third-order valence-corrected chi connectivity index (χ3v) is 5.12. The van der Waals surface area contributed by atoms with E-state index in [1.807, 2.05) is 12.1 Å². The molecule has 0 radical (unpaired) electrons. The molecule has 0 fully saturated rings. The molecule has 0 saturated heterocycles. The molecule has 0 aliphatic carbocycles. The Morgan fingerprint density at radius 3 is 2.25 bits per heavy atom. The van der Waals surface area contributed by atoms with E-state index in [0.29, 0.717) is 17.2 Å². The highest BCUT2D eigenvalue weighted by atomic mass is 32.1. The Labute approximate surface area is 172 Å². The minimum absolute atomic E-state index is 0.0557. The molecule has 3 rings (SSSR count). The summed E-state index contributed by atoms with van der Waals surface area (Å²) in [5, 5.41) is 4.19. The van der Waals surface area contributed by atoms with Crippen molar-refractivity contribution < 1.29 is 14.2 Å². The minimum atomic E-state index is -0.115. The van der Waals surface area contributed by atoms with Gasteiger partial charge in [-0.15, -0.1) is 0 Å². The third-order valence-electron chi connectivity index (χ3n) is 4.78. The highest BCUT2D eigenvalue weighted by Gasteiger charge is 2.33. The van der Waals surface area contributed by atoms with Crippen LogP contribution in [0, 0.1) is 0 Å². The van der Waals surface area contributed by atoms with Gasteiger partial charge in [-0.1, -0.05) is 0 Å². The fraction of sp³-hybridized carbons (Fsp3) is 0.476. The first-order chi connectivity index (χ1) is 13.3. The fourth-order valence-electron chi connectivity index (χ4n) is 3.60. The molecule has 0 saturated carbocycles. The van der Waals surface area contributed by atoms with Crippen molar-refractivity contribution in [1.82, 2.24) is 14.8 Å². The maximum atomic E-state index is 5.79. The van der Waals surface area contributed by atoms with Crippen molar-refractivity contribution >= 4 is 17.3 Å². The van der Waals surface area contributed by atoms with Crippen LogP contribution in [-0.4, -0.2) is 48.0 Å². The zero-order chi connectivity index (χ0) is 20.5. The number of ether oxygens (including phenoxy) is 3. The summed E-state index contributed by atoms with van der Waals surface area (Å²) >= 11 is 5.79. The van der Waals surface area contributed by atoms with E-state index in [-0.39, 0.29) is 11.6 Å². The lowest BCUT2D eigenvalue weighted by molar-refractivity contribution is 0.275. The van der Waals surface area contributed by atoms with Crippen molar-refractivity contribution in [3.8, 4) is 17.2 Å². The third kappa shape index (κ3) is 3.90. The van der Waals surface area contributed by atoms with E-state index >= 15 is 0 Å². The molecule has 0 bridgehead atoms. The zero-order valence-corrected chi connectivity index (χ0v) is 18.2. The van der Waals surface area contributed by atoms with Crippen LogP contribution in [0.3, 0.4) is 0 Å². The predicted molar refractivity (Wildman–Crippen MR) is 115 cm³/mol. The Morgan fingerprint density at radius 1 is 1.07 bits per heavy atom. The van der Waals surface area contributed by atoms with Crippen molar-refractivity contribution in [3.63, 3.8) is 0 Å². The normalized spacial score (nSPS) is 16.4. The molecular weight excluding hydrogens is 374 g/mol. The minimum Gasteiger partial charge on any atom is -0.493 e. The topological polar surface area (TPSA) is 47.9 Å². The van der Waals surface area contributed by atoms with Crippen LogP contribution in [0.4, 0.5) is 0 Å². The first-order valence-corrected chi connectivity index (χ1v) is 9.73. The number of hydrogen-bond acceptors (Lipinski definition) is 4. The van der Waals surface area contributed by atoms with Gasteiger partial charge in [0.2, 0.25) is 5.75 Å². The predicted octanol–water partition coefficient (Wildman–Crippen LogP) is 3.59. The van der Waals surface area contributed by atoms with Gasteiger partial charge in [0.05, 0.1) is 27.4 Å². The number of nitrogens with zero attached hydrogens (tertiary/aromatic N) is 2. The first-order valence-electron chi connectivity index (χ1n) is 9.32. The van der Waals surface area contributed by atoms with Crippen molar-refractivity contribution in [3.05, 3.63) is 41.7 Å². The zero-order valence-electron chi connectivity index (χ0n) is 17.4. The summed E-state index contributed by atoms with van der Waals surface area (Å²) in [4.78, 5) is 2.23. The molecule has 6 nitrogen and oxygen atoms in total. The van der Waals surface area contributed by atoms with Crippen LogP contribution in [-0.2, 0) is 6.54 Å². The molecule has 1 aromatic carbocycles. The molecule has 28 heavy (non-hydrogen) atoms. The average molecular weight is 404 g/mol. The van der Waals surface area contributed by atoms with Gasteiger partial charge < -0.3 is 29.0 Å². The molecule has 1 aliphatic rings. The van der Waals surface area contributed by atoms with Crippen LogP contribution in [0.5, 0.6) is 17.2 Å². The molecule has 1 aromatic heterocycles. The summed E-state index contributed by atoms with van der Waals surface area (Å²) in [7, 11) is 4.88. The lowest BCUT2D eigenvalue weighted by Gasteiger charge is -2.41. The van der Waals surface area contributed by atoms with Gasteiger partial charge in [-0.05, 0) is 62.8 Å². The summed E-state index contributed by atoms with van der Waals surface area (Å²) in [5.74, 6) is 1.85. The lowest BCUT2D eigenvalue weighted by Crippen LogP contribution is -2.52. The van der Waals surface area contributed by atoms with Gasteiger partial charge in [-0.25, -0.2) is 0 Å². The molecule has 2 heterocycles. The number of nitrogens with one attached hydrogen (secondary N) is 1. The standard InChI is InChI=1S/C21H29N3O3S/c1-21(2,3)22-20(28)24-11-10-23-9-7-8-15(23)18(24)14-12-16(25-4)19(27-6)17(13-14)26-5/h7-9,12-13,18H,10-11H2,1-6H3,(H,22,28). The Kier molecular flexibility index (Phi) is 5.74. The molecule has 0 spiro atoms. The molecule has 1 N–H and O–H groups in total. The van der Waals surface area contributed by atoms with Crippen molar-refractivity contribution in [1.29, 1.82) is 0 Å². The Balaban J connectivity index is 2.11. The van der Waals surface area contributed by atoms with E-state index in [9.17, 15) is 0 Å². The highest BCUT2D eigenvalue weighted by Crippen LogP contribution is 2.43. The Hall–Kier alpha value is -2.41. The molecule has 1 unspecified atom stereocenters. The average Bonchev–Trinajstić information content (AvgIpc) is 3.13. The van der Waals surface area contributed by atoms with Crippen LogP contribution in [0.1, 0.15) is 38.1 Å². The Bertz CT molecular complexity index is 832. The number of hydrogen-bond donors (Lipinski definition) is 1. The molecule has 1 atom stereocenters. The van der Waals surface area contributed by atoms with Gasteiger partial charge in [0.1, 0.15) is 0 Å². The van der Waals surface area contributed by atoms with Crippen LogP contribution >= 0.6 is 12.2 Å². The number of rotatable bonds is 4. The fourth-order valence-corrected chi connectivity index (χ4v) is 4.11. The molecule has 1 aliphatic heterocycles. The SMILES string of the molecule is COc1cc(C2c3cccn3CCN2C(=S)NC(C)(C)C)cc(OC)c1OC.